The summed E-state index contributed by atoms with van der Waals surface area (Å²) in [6.07, 6.45) is 1.55. The van der Waals surface area contributed by atoms with Gasteiger partial charge in [-0.3, -0.25) is 4.79 Å². The maximum absolute atomic E-state index is 12.3. The van der Waals surface area contributed by atoms with Crippen molar-refractivity contribution in [2.45, 2.75) is 6.54 Å². The van der Waals surface area contributed by atoms with Crippen LogP contribution in [0.4, 0.5) is 11.6 Å². The number of rotatable bonds is 5. The molecule has 3 aromatic rings. The molecule has 0 aliphatic rings. The number of aromatic nitrogens is 2. The van der Waals surface area contributed by atoms with E-state index >= 15 is 0 Å². The van der Waals surface area contributed by atoms with Crippen molar-refractivity contribution in [2.75, 3.05) is 10.6 Å². The minimum Gasteiger partial charge on any atom is -0.350 e. The summed E-state index contributed by atoms with van der Waals surface area (Å²) in [5.74, 6) is 0.102. The highest BCUT2D eigenvalue weighted by Gasteiger charge is 2.09. The first-order valence-electron chi connectivity index (χ1n) is 7.38. The van der Waals surface area contributed by atoms with Crippen LogP contribution in [-0.4, -0.2) is 15.9 Å². The Bertz CT molecular complexity index is 822. The number of anilines is 2. The molecule has 1 amide bonds. The predicted molar refractivity (Wildman–Crippen MR) is 95.2 cm³/mol. The number of carbonyl (C=O) groups is 1. The molecule has 24 heavy (non-hydrogen) atoms. The summed E-state index contributed by atoms with van der Waals surface area (Å²) < 4.78 is 0. The van der Waals surface area contributed by atoms with Gasteiger partial charge in [0.25, 0.3) is 5.91 Å². The van der Waals surface area contributed by atoms with Gasteiger partial charge in [0.1, 0.15) is 5.69 Å². The van der Waals surface area contributed by atoms with Gasteiger partial charge in [0.2, 0.25) is 5.95 Å². The van der Waals surface area contributed by atoms with Crippen molar-refractivity contribution in [2.24, 2.45) is 0 Å². The van der Waals surface area contributed by atoms with Crippen LogP contribution in [0.3, 0.4) is 0 Å². The molecular weight excluding hydrogens is 324 g/mol. The number of nitrogens with zero attached hydrogens (tertiary/aromatic N) is 2. The zero-order valence-corrected chi connectivity index (χ0v) is 13.5. The highest BCUT2D eigenvalue weighted by atomic mass is 35.5. The fourth-order valence-corrected chi connectivity index (χ4v) is 2.20. The van der Waals surface area contributed by atoms with Crippen molar-refractivity contribution < 1.29 is 4.79 Å². The highest BCUT2D eigenvalue weighted by molar-refractivity contribution is 6.30. The number of hydrogen-bond donors (Lipinski definition) is 2. The van der Waals surface area contributed by atoms with Crippen molar-refractivity contribution in [3.63, 3.8) is 0 Å². The minimum atomic E-state index is -0.303. The fourth-order valence-electron chi connectivity index (χ4n) is 2.08. The lowest BCUT2D eigenvalue weighted by atomic mass is 10.2. The van der Waals surface area contributed by atoms with E-state index in [9.17, 15) is 4.79 Å². The molecule has 0 fully saturated rings. The van der Waals surface area contributed by atoms with E-state index in [1.165, 1.54) is 0 Å². The molecule has 5 nitrogen and oxygen atoms in total. The molecule has 1 heterocycles. The van der Waals surface area contributed by atoms with Gasteiger partial charge >= 0.3 is 0 Å². The minimum absolute atomic E-state index is 0.288. The molecule has 0 aliphatic carbocycles. The van der Waals surface area contributed by atoms with E-state index in [1.54, 1.807) is 36.5 Å². The van der Waals surface area contributed by atoms with Gasteiger partial charge in [-0.1, -0.05) is 41.9 Å². The molecule has 0 atom stereocenters. The summed E-state index contributed by atoms with van der Waals surface area (Å²) >= 11 is 5.83. The predicted octanol–water partition coefficient (Wildman–Crippen LogP) is 3.99. The monoisotopic (exact) mass is 338 g/mol. The first kappa shape index (κ1) is 16.0. The quantitative estimate of drug-likeness (QED) is 0.738. The van der Waals surface area contributed by atoms with Crippen LogP contribution in [0.2, 0.25) is 5.02 Å². The van der Waals surface area contributed by atoms with E-state index in [1.807, 2.05) is 30.3 Å². The second-order valence-corrected chi connectivity index (χ2v) is 5.50. The van der Waals surface area contributed by atoms with Crippen LogP contribution >= 0.6 is 11.6 Å². The van der Waals surface area contributed by atoms with Crippen LogP contribution in [-0.2, 0) is 6.54 Å². The van der Waals surface area contributed by atoms with Crippen LogP contribution in [0.15, 0.2) is 66.9 Å². The third kappa shape index (κ3) is 4.30. The lowest BCUT2D eigenvalue weighted by Gasteiger charge is -2.07. The molecule has 0 spiro atoms. The third-order valence-electron chi connectivity index (χ3n) is 3.28. The number of hydrogen-bond acceptors (Lipinski definition) is 4. The Morgan fingerprint density at radius 3 is 2.50 bits per heavy atom. The standard InChI is InChI=1S/C18H15ClN4O/c19-14-6-8-15(9-7-14)22-17(24)16-10-11-20-18(23-16)21-12-13-4-2-1-3-5-13/h1-11H,12H2,(H,22,24)(H,20,21,23). The number of benzene rings is 2. The Kier molecular flexibility index (Phi) is 5.03. The van der Waals surface area contributed by atoms with E-state index in [2.05, 4.69) is 20.6 Å². The van der Waals surface area contributed by atoms with Crippen molar-refractivity contribution >= 4 is 29.1 Å². The van der Waals surface area contributed by atoms with Crippen molar-refractivity contribution in [3.05, 3.63) is 83.1 Å². The number of amides is 1. The second kappa shape index (κ2) is 7.57. The second-order valence-electron chi connectivity index (χ2n) is 5.07. The van der Waals surface area contributed by atoms with Gasteiger partial charge < -0.3 is 10.6 Å². The van der Waals surface area contributed by atoms with E-state index in [4.69, 9.17) is 11.6 Å². The zero-order valence-electron chi connectivity index (χ0n) is 12.7. The van der Waals surface area contributed by atoms with Crippen LogP contribution in [0.25, 0.3) is 0 Å². The van der Waals surface area contributed by atoms with Gasteiger partial charge in [0.15, 0.2) is 0 Å². The molecule has 0 radical (unpaired) electrons. The Morgan fingerprint density at radius 2 is 1.75 bits per heavy atom. The largest absolute Gasteiger partial charge is 0.350 e. The Hall–Kier alpha value is -2.92. The van der Waals surface area contributed by atoms with Gasteiger partial charge in [0.05, 0.1) is 0 Å². The Morgan fingerprint density at radius 1 is 1.00 bits per heavy atom. The summed E-state index contributed by atoms with van der Waals surface area (Å²) in [7, 11) is 0. The number of halogens is 1. The smallest absolute Gasteiger partial charge is 0.274 e. The van der Waals surface area contributed by atoms with Crippen LogP contribution in [0, 0.1) is 0 Å². The molecule has 3 rings (SSSR count). The highest BCUT2D eigenvalue weighted by Crippen LogP contribution is 2.14. The Balaban J connectivity index is 1.65. The number of nitrogens with one attached hydrogen (secondary N) is 2. The van der Waals surface area contributed by atoms with E-state index in [0.717, 1.165) is 5.56 Å². The van der Waals surface area contributed by atoms with E-state index in [-0.39, 0.29) is 11.6 Å². The van der Waals surface area contributed by atoms with Crippen molar-refractivity contribution in [1.82, 2.24) is 9.97 Å². The molecule has 1 aromatic heterocycles. The average Bonchev–Trinajstić information content (AvgIpc) is 2.63. The molecule has 2 N–H and O–H groups in total. The Labute approximate surface area is 144 Å². The first-order chi connectivity index (χ1) is 11.7. The summed E-state index contributed by atoms with van der Waals surface area (Å²) in [5.41, 5.74) is 2.05. The van der Waals surface area contributed by atoms with Gasteiger partial charge in [-0.15, -0.1) is 0 Å². The molecule has 0 unspecified atom stereocenters. The first-order valence-corrected chi connectivity index (χ1v) is 7.76. The summed E-state index contributed by atoms with van der Waals surface area (Å²) in [5, 5.41) is 6.49. The number of carbonyl (C=O) groups excluding carboxylic acids is 1. The molecule has 0 aliphatic heterocycles. The van der Waals surface area contributed by atoms with Crippen LogP contribution in [0.5, 0.6) is 0 Å². The lowest BCUT2D eigenvalue weighted by molar-refractivity contribution is 0.102. The molecule has 2 aromatic carbocycles. The van der Waals surface area contributed by atoms with Gasteiger partial charge in [-0.25, -0.2) is 9.97 Å². The summed E-state index contributed by atoms with van der Waals surface area (Å²) in [6, 6.07) is 18.4. The normalized spacial score (nSPS) is 10.2. The molecular formula is C18H15ClN4O. The van der Waals surface area contributed by atoms with Gasteiger partial charge in [-0.05, 0) is 35.9 Å². The molecule has 0 saturated heterocycles. The van der Waals surface area contributed by atoms with Gasteiger partial charge in [0, 0.05) is 23.5 Å². The van der Waals surface area contributed by atoms with E-state index < -0.39 is 0 Å². The van der Waals surface area contributed by atoms with Crippen LogP contribution in [0.1, 0.15) is 16.1 Å². The SMILES string of the molecule is O=C(Nc1ccc(Cl)cc1)c1ccnc(NCc2ccccc2)n1. The van der Waals surface area contributed by atoms with E-state index in [0.29, 0.717) is 23.2 Å². The molecule has 0 bridgehead atoms. The van der Waals surface area contributed by atoms with Crippen molar-refractivity contribution in [3.8, 4) is 0 Å². The average molecular weight is 339 g/mol. The van der Waals surface area contributed by atoms with Crippen molar-refractivity contribution in [1.29, 1.82) is 0 Å². The zero-order chi connectivity index (χ0) is 16.8. The fraction of sp³-hybridized carbons (Fsp3) is 0.0556. The molecule has 6 heteroatoms. The third-order valence-corrected chi connectivity index (χ3v) is 3.54. The maximum Gasteiger partial charge on any atom is 0.274 e. The lowest BCUT2D eigenvalue weighted by Crippen LogP contribution is -2.15. The summed E-state index contributed by atoms with van der Waals surface area (Å²) in [4.78, 5) is 20.6. The van der Waals surface area contributed by atoms with Gasteiger partial charge in [-0.2, -0.15) is 0 Å². The maximum atomic E-state index is 12.3. The summed E-state index contributed by atoms with van der Waals surface area (Å²) in [6.45, 7) is 0.586. The van der Waals surface area contributed by atoms with Crippen LogP contribution < -0.4 is 10.6 Å². The molecule has 120 valence electrons. The topological polar surface area (TPSA) is 66.9 Å². The molecule has 0 saturated carbocycles.